The van der Waals surface area contributed by atoms with Crippen molar-refractivity contribution in [3.8, 4) is 0 Å². The normalized spacial score (nSPS) is 11.2. The van der Waals surface area contributed by atoms with Crippen LogP contribution in [-0.2, 0) is 4.79 Å². The number of hydrogen-bond donors (Lipinski definition) is 2. The van der Waals surface area contributed by atoms with Gasteiger partial charge in [0.15, 0.2) is 6.29 Å². The van der Waals surface area contributed by atoms with Gasteiger partial charge in [-0.2, -0.15) is 0 Å². The van der Waals surface area contributed by atoms with Crippen molar-refractivity contribution in [1.29, 1.82) is 0 Å². The van der Waals surface area contributed by atoms with E-state index in [0.29, 0.717) is 6.29 Å². The summed E-state index contributed by atoms with van der Waals surface area (Å²) in [5, 5.41) is 0. The highest BCUT2D eigenvalue weighted by Crippen LogP contribution is 1.87. The molecule has 0 aliphatic heterocycles. The Morgan fingerprint density at radius 3 is 2.33 bits per heavy atom. The molecule has 0 aromatic rings. The first-order chi connectivity index (χ1) is 2.81. The number of allylic oxidation sites excluding steroid dienone is 1. The second-order valence-electron chi connectivity index (χ2n) is 0.709. The van der Waals surface area contributed by atoms with Crippen LogP contribution in [0.5, 0.6) is 0 Å². The lowest BCUT2D eigenvalue weighted by Gasteiger charge is -1.73. The number of aldehydes is 1. The summed E-state index contributed by atoms with van der Waals surface area (Å²) in [5.74, 6) is 0. The summed E-state index contributed by atoms with van der Waals surface area (Å²) in [6, 6.07) is 0. The number of thiol groups is 1. The summed E-state index contributed by atoms with van der Waals surface area (Å²) in [4.78, 5) is 9.77. The highest BCUT2D eigenvalue weighted by atomic mass is 32.1. The fourth-order valence-corrected chi connectivity index (χ4v) is 0.0393. The topological polar surface area (TPSA) is 43.1 Å². The number of carbonyl (C=O) groups is 1. The summed E-state index contributed by atoms with van der Waals surface area (Å²) in [6.07, 6.45) is 1.71. The zero-order valence-electron chi connectivity index (χ0n) is 3.09. The Morgan fingerprint density at radius 1 is 1.83 bits per heavy atom. The van der Waals surface area contributed by atoms with Gasteiger partial charge in [-0.15, -0.1) is 12.6 Å². The Morgan fingerprint density at radius 2 is 2.33 bits per heavy atom. The monoisotopic (exact) mass is 103 g/mol. The minimum Gasteiger partial charge on any atom is -0.404 e. The van der Waals surface area contributed by atoms with E-state index in [1.54, 1.807) is 0 Å². The quantitative estimate of drug-likeness (QED) is 0.277. The number of rotatable bonds is 1. The van der Waals surface area contributed by atoms with Gasteiger partial charge in [0.1, 0.15) is 0 Å². The Balaban J connectivity index is 3.50. The molecule has 0 aliphatic carbocycles. The minimum atomic E-state index is 0.259. The average molecular weight is 103 g/mol. The predicted octanol–water partition coefficient (Wildman–Crippen LogP) is -0.0848. The lowest BCUT2D eigenvalue weighted by molar-refractivity contribution is -0.104. The molecule has 0 saturated heterocycles. The zero-order valence-corrected chi connectivity index (χ0v) is 3.98. The maximum absolute atomic E-state index is 9.51. The molecule has 0 amide bonds. The Kier molecular flexibility index (Phi) is 2.58. The minimum absolute atomic E-state index is 0.259. The molecule has 0 atom stereocenters. The molecule has 0 heterocycles. The summed E-state index contributed by atoms with van der Waals surface area (Å²) >= 11 is 3.60. The molecule has 0 saturated carbocycles. The van der Waals surface area contributed by atoms with Crippen molar-refractivity contribution in [3.63, 3.8) is 0 Å². The summed E-state index contributed by atoms with van der Waals surface area (Å²) in [6.45, 7) is 0. The third-order valence-electron chi connectivity index (χ3n) is 0.292. The van der Waals surface area contributed by atoms with E-state index < -0.39 is 0 Å². The molecule has 34 valence electrons. The van der Waals surface area contributed by atoms with Crippen molar-refractivity contribution in [2.24, 2.45) is 5.73 Å². The number of hydrogen-bond acceptors (Lipinski definition) is 3. The smallest absolute Gasteiger partial charge is 0.157 e. The van der Waals surface area contributed by atoms with E-state index in [2.05, 4.69) is 12.6 Å². The van der Waals surface area contributed by atoms with Gasteiger partial charge in [-0.25, -0.2) is 0 Å². The zero-order chi connectivity index (χ0) is 4.99. The van der Waals surface area contributed by atoms with E-state index >= 15 is 0 Å². The Labute approximate surface area is 41.4 Å². The molecule has 0 aliphatic rings. The third-order valence-corrected chi connectivity index (χ3v) is 0.546. The summed E-state index contributed by atoms with van der Waals surface area (Å²) < 4.78 is 0. The SMILES string of the molecule is N/C=C(\S)C=O. The van der Waals surface area contributed by atoms with E-state index in [1.807, 2.05) is 0 Å². The van der Waals surface area contributed by atoms with Crippen LogP contribution in [0.1, 0.15) is 0 Å². The van der Waals surface area contributed by atoms with E-state index in [4.69, 9.17) is 5.73 Å². The molecule has 0 fully saturated rings. The van der Waals surface area contributed by atoms with Crippen LogP contribution < -0.4 is 5.73 Å². The first kappa shape index (κ1) is 5.56. The van der Waals surface area contributed by atoms with Crippen LogP contribution in [-0.4, -0.2) is 6.29 Å². The molecule has 0 bridgehead atoms. The van der Waals surface area contributed by atoms with E-state index in [1.165, 1.54) is 0 Å². The first-order valence-corrected chi connectivity index (χ1v) is 1.82. The molecule has 6 heavy (non-hydrogen) atoms. The van der Waals surface area contributed by atoms with Crippen LogP contribution in [0.2, 0.25) is 0 Å². The van der Waals surface area contributed by atoms with Gasteiger partial charge in [-0.05, 0) is 0 Å². The van der Waals surface area contributed by atoms with Gasteiger partial charge in [-0.3, -0.25) is 4.79 Å². The molecule has 0 aromatic carbocycles. The van der Waals surface area contributed by atoms with Crippen LogP contribution >= 0.6 is 12.6 Å². The van der Waals surface area contributed by atoms with Crippen molar-refractivity contribution in [3.05, 3.63) is 11.1 Å². The van der Waals surface area contributed by atoms with Crippen LogP contribution in [0.25, 0.3) is 0 Å². The van der Waals surface area contributed by atoms with Crippen molar-refractivity contribution < 1.29 is 4.79 Å². The highest BCUT2D eigenvalue weighted by molar-refractivity contribution is 7.85. The second kappa shape index (κ2) is 2.78. The Hall–Kier alpha value is -0.440. The first-order valence-electron chi connectivity index (χ1n) is 1.37. The van der Waals surface area contributed by atoms with Crippen LogP contribution in [0.15, 0.2) is 11.1 Å². The van der Waals surface area contributed by atoms with E-state index in [9.17, 15) is 4.79 Å². The van der Waals surface area contributed by atoms with Crippen molar-refractivity contribution in [1.82, 2.24) is 0 Å². The number of nitrogens with two attached hydrogens (primary N) is 1. The maximum Gasteiger partial charge on any atom is 0.157 e. The standard InChI is InChI=1S/C3H5NOS/c4-1-3(6)2-5/h1-2,6H,4H2/b3-1-. The molecule has 3 heteroatoms. The van der Waals surface area contributed by atoms with Crippen LogP contribution in [0.3, 0.4) is 0 Å². The molecular formula is C3H5NOS. The van der Waals surface area contributed by atoms with Gasteiger partial charge < -0.3 is 5.73 Å². The van der Waals surface area contributed by atoms with Crippen LogP contribution in [0, 0.1) is 0 Å². The van der Waals surface area contributed by atoms with Crippen molar-refractivity contribution in [2.75, 3.05) is 0 Å². The van der Waals surface area contributed by atoms with E-state index in [-0.39, 0.29) is 4.91 Å². The van der Waals surface area contributed by atoms with Gasteiger partial charge in [0.05, 0.1) is 4.91 Å². The Bertz CT molecular complexity index is 78.9. The lowest BCUT2D eigenvalue weighted by atomic mass is 10.7. The molecule has 2 N–H and O–H groups in total. The van der Waals surface area contributed by atoms with Gasteiger partial charge >= 0.3 is 0 Å². The molecule has 2 nitrogen and oxygen atoms in total. The van der Waals surface area contributed by atoms with Crippen molar-refractivity contribution in [2.45, 2.75) is 0 Å². The fraction of sp³-hybridized carbons (Fsp3) is 0. The third kappa shape index (κ3) is 1.84. The van der Waals surface area contributed by atoms with Gasteiger partial charge in [-0.1, -0.05) is 0 Å². The molecule has 0 radical (unpaired) electrons. The van der Waals surface area contributed by atoms with Crippen molar-refractivity contribution >= 4 is 18.9 Å². The predicted molar refractivity (Wildman–Crippen MR) is 27.3 cm³/mol. The van der Waals surface area contributed by atoms with E-state index in [0.717, 1.165) is 6.20 Å². The average Bonchev–Trinajstić information content (AvgIpc) is 1.65. The highest BCUT2D eigenvalue weighted by Gasteiger charge is 1.74. The summed E-state index contributed by atoms with van der Waals surface area (Å²) in [7, 11) is 0. The molecule has 0 aromatic heterocycles. The molecule has 0 spiro atoms. The van der Waals surface area contributed by atoms with Gasteiger partial charge in [0.25, 0.3) is 0 Å². The largest absolute Gasteiger partial charge is 0.404 e. The van der Waals surface area contributed by atoms with Crippen LogP contribution in [0.4, 0.5) is 0 Å². The molecule has 0 unspecified atom stereocenters. The molecule has 0 rings (SSSR count). The molecular weight excluding hydrogens is 98.1 g/mol. The fourth-order valence-electron chi connectivity index (χ4n) is 0.0393. The maximum atomic E-state index is 9.51. The second-order valence-corrected chi connectivity index (χ2v) is 1.23. The van der Waals surface area contributed by atoms with Gasteiger partial charge in [0, 0.05) is 6.20 Å². The van der Waals surface area contributed by atoms with Gasteiger partial charge in [0.2, 0.25) is 0 Å². The summed E-state index contributed by atoms with van der Waals surface area (Å²) in [5.41, 5.74) is 4.81. The number of carbonyl (C=O) groups excluding carboxylic acids is 1. The lowest BCUT2D eigenvalue weighted by Crippen LogP contribution is -1.80.